The molecule has 0 spiro atoms. The number of amides is 1. The monoisotopic (exact) mass is 290 g/mol. The molecule has 3 unspecified atom stereocenters. The Kier molecular flexibility index (Phi) is 5.12. The second-order valence-electron chi connectivity index (χ2n) is 5.77. The van der Waals surface area contributed by atoms with E-state index in [0.29, 0.717) is 12.3 Å². The summed E-state index contributed by atoms with van der Waals surface area (Å²) >= 11 is 5.07. The summed E-state index contributed by atoms with van der Waals surface area (Å²) in [6.45, 7) is 2.22. The van der Waals surface area contributed by atoms with Crippen LogP contribution in [-0.4, -0.2) is 16.9 Å². The molecule has 0 bridgehead atoms. The first-order valence-corrected chi connectivity index (χ1v) is 7.60. The molecule has 0 heterocycles. The Labute approximate surface area is 125 Å². The molecular formula is C16H22N2OS. The molecule has 1 aromatic rings. The summed E-state index contributed by atoms with van der Waals surface area (Å²) in [4.78, 5) is 12.6. The zero-order valence-corrected chi connectivity index (χ0v) is 12.7. The van der Waals surface area contributed by atoms with Crippen LogP contribution in [0.2, 0.25) is 0 Å². The molecule has 108 valence electrons. The molecular weight excluding hydrogens is 268 g/mol. The van der Waals surface area contributed by atoms with Crippen molar-refractivity contribution in [1.29, 1.82) is 0 Å². The summed E-state index contributed by atoms with van der Waals surface area (Å²) in [5.41, 5.74) is 6.84. The lowest BCUT2D eigenvalue weighted by molar-refractivity contribution is -0.123. The molecule has 1 aliphatic rings. The molecule has 1 saturated carbocycles. The third-order valence-electron chi connectivity index (χ3n) is 3.98. The highest BCUT2D eigenvalue weighted by Gasteiger charge is 2.27. The molecule has 0 aliphatic heterocycles. The van der Waals surface area contributed by atoms with Crippen molar-refractivity contribution < 1.29 is 4.79 Å². The highest BCUT2D eigenvalue weighted by atomic mass is 32.1. The molecule has 3 atom stereocenters. The summed E-state index contributed by atoms with van der Waals surface area (Å²) in [5, 5.41) is 3.10. The minimum Gasteiger partial charge on any atom is -0.393 e. The Morgan fingerprint density at radius 3 is 2.65 bits per heavy atom. The number of nitrogens with one attached hydrogen (secondary N) is 1. The van der Waals surface area contributed by atoms with E-state index in [1.54, 1.807) is 0 Å². The molecule has 2 rings (SSSR count). The normalized spacial score (nSPS) is 23.2. The van der Waals surface area contributed by atoms with Crippen molar-refractivity contribution >= 4 is 23.1 Å². The van der Waals surface area contributed by atoms with Gasteiger partial charge in [-0.25, -0.2) is 0 Å². The minimum absolute atomic E-state index is 0.0274. The van der Waals surface area contributed by atoms with E-state index in [1.807, 2.05) is 30.3 Å². The van der Waals surface area contributed by atoms with Crippen LogP contribution in [0, 0.1) is 11.8 Å². The van der Waals surface area contributed by atoms with Crippen LogP contribution in [0.15, 0.2) is 30.3 Å². The number of thiocarbonyl (C=S) groups is 1. The molecule has 3 N–H and O–H groups in total. The van der Waals surface area contributed by atoms with E-state index in [4.69, 9.17) is 18.0 Å². The van der Waals surface area contributed by atoms with Gasteiger partial charge in [0.2, 0.25) is 5.91 Å². The fourth-order valence-electron chi connectivity index (χ4n) is 2.81. The van der Waals surface area contributed by atoms with Gasteiger partial charge in [-0.05, 0) is 37.2 Å². The van der Waals surface area contributed by atoms with Gasteiger partial charge >= 0.3 is 0 Å². The Morgan fingerprint density at radius 2 is 2.10 bits per heavy atom. The first-order valence-electron chi connectivity index (χ1n) is 7.20. The van der Waals surface area contributed by atoms with E-state index >= 15 is 0 Å². The minimum atomic E-state index is -0.414. The number of benzene rings is 1. The zero-order valence-electron chi connectivity index (χ0n) is 11.8. The molecule has 1 amide bonds. The number of nitrogens with two attached hydrogens (primary N) is 1. The Hall–Kier alpha value is -1.42. The molecule has 1 aliphatic carbocycles. The smallest absolute Gasteiger partial charge is 0.230 e. The van der Waals surface area contributed by atoms with Gasteiger partial charge in [0.25, 0.3) is 0 Å². The number of carbonyl (C=O) groups excluding carboxylic acids is 1. The first-order chi connectivity index (χ1) is 9.56. The van der Waals surface area contributed by atoms with Crippen LogP contribution in [0.5, 0.6) is 0 Å². The van der Waals surface area contributed by atoms with Crippen LogP contribution in [0.4, 0.5) is 0 Å². The number of hydrogen-bond acceptors (Lipinski definition) is 2. The van der Waals surface area contributed by atoms with Gasteiger partial charge < -0.3 is 11.1 Å². The molecule has 1 aromatic carbocycles. The van der Waals surface area contributed by atoms with Crippen molar-refractivity contribution in [2.45, 2.75) is 38.6 Å². The van der Waals surface area contributed by atoms with E-state index in [-0.39, 0.29) is 16.9 Å². The average molecular weight is 290 g/mol. The predicted molar refractivity (Wildman–Crippen MR) is 85.4 cm³/mol. The van der Waals surface area contributed by atoms with Crippen LogP contribution in [0.25, 0.3) is 0 Å². The zero-order chi connectivity index (χ0) is 14.5. The van der Waals surface area contributed by atoms with Crippen molar-refractivity contribution in [2.24, 2.45) is 17.6 Å². The lowest BCUT2D eigenvalue weighted by atomic mass is 9.98. The van der Waals surface area contributed by atoms with Crippen LogP contribution in [-0.2, 0) is 11.2 Å². The predicted octanol–water partition coefficient (Wildman–Crippen LogP) is 2.44. The molecule has 3 nitrogen and oxygen atoms in total. The quantitative estimate of drug-likeness (QED) is 0.819. The standard InChI is InChI=1S/C16H22N2OS/c1-11-7-8-13(9-11)18-16(19)14(15(17)20)10-12-5-3-2-4-6-12/h2-6,11,13-14H,7-10H2,1H3,(H2,17,20)(H,18,19). The van der Waals surface area contributed by atoms with E-state index in [9.17, 15) is 4.79 Å². The van der Waals surface area contributed by atoms with Crippen LogP contribution in [0.1, 0.15) is 31.7 Å². The lowest BCUT2D eigenvalue weighted by Gasteiger charge is -2.19. The van der Waals surface area contributed by atoms with Crippen molar-refractivity contribution in [2.75, 3.05) is 0 Å². The van der Waals surface area contributed by atoms with Crippen molar-refractivity contribution in [3.05, 3.63) is 35.9 Å². The average Bonchev–Trinajstić information content (AvgIpc) is 2.82. The van der Waals surface area contributed by atoms with E-state index in [0.717, 1.165) is 18.4 Å². The van der Waals surface area contributed by atoms with Gasteiger partial charge in [-0.3, -0.25) is 4.79 Å². The molecule has 0 aromatic heterocycles. The van der Waals surface area contributed by atoms with Crippen molar-refractivity contribution in [3.8, 4) is 0 Å². The van der Waals surface area contributed by atoms with Gasteiger partial charge in [-0.1, -0.05) is 49.5 Å². The fourth-order valence-corrected chi connectivity index (χ4v) is 3.00. The summed E-state index contributed by atoms with van der Waals surface area (Å²) < 4.78 is 0. The highest BCUT2D eigenvalue weighted by Crippen LogP contribution is 2.25. The van der Waals surface area contributed by atoms with Gasteiger partial charge in [0.1, 0.15) is 0 Å². The largest absolute Gasteiger partial charge is 0.393 e. The van der Waals surface area contributed by atoms with Gasteiger partial charge in [-0.2, -0.15) is 0 Å². The summed E-state index contributed by atoms with van der Waals surface area (Å²) in [6, 6.07) is 10.2. The Balaban J connectivity index is 1.97. The topological polar surface area (TPSA) is 55.1 Å². The van der Waals surface area contributed by atoms with E-state index in [1.165, 1.54) is 6.42 Å². The van der Waals surface area contributed by atoms with Gasteiger partial charge in [0, 0.05) is 6.04 Å². The van der Waals surface area contributed by atoms with Gasteiger partial charge in [0.05, 0.1) is 10.9 Å². The third-order valence-corrected chi connectivity index (χ3v) is 4.27. The van der Waals surface area contributed by atoms with Gasteiger partial charge in [0.15, 0.2) is 0 Å². The van der Waals surface area contributed by atoms with Crippen LogP contribution in [0.3, 0.4) is 0 Å². The van der Waals surface area contributed by atoms with E-state index < -0.39 is 5.92 Å². The highest BCUT2D eigenvalue weighted by molar-refractivity contribution is 7.80. The lowest BCUT2D eigenvalue weighted by Crippen LogP contribution is -2.43. The molecule has 1 fully saturated rings. The summed E-state index contributed by atoms with van der Waals surface area (Å²) in [6.07, 6.45) is 3.87. The molecule has 0 radical (unpaired) electrons. The molecule has 0 saturated heterocycles. The summed E-state index contributed by atoms with van der Waals surface area (Å²) in [7, 11) is 0. The number of rotatable bonds is 5. The van der Waals surface area contributed by atoms with E-state index in [2.05, 4.69) is 12.2 Å². The fraction of sp³-hybridized carbons (Fsp3) is 0.500. The van der Waals surface area contributed by atoms with Crippen LogP contribution < -0.4 is 11.1 Å². The van der Waals surface area contributed by atoms with Crippen molar-refractivity contribution in [3.63, 3.8) is 0 Å². The van der Waals surface area contributed by atoms with Crippen molar-refractivity contribution in [1.82, 2.24) is 5.32 Å². The Morgan fingerprint density at radius 1 is 1.40 bits per heavy atom. The first kappa shape index (κ1) is 15.0. The number of carbonyl (C=O) groups is 1. The molecule has 4 heteroatoms. The number of hydrogen-bond donors (Lipinski definition) is 2. The third kappa shape index (κ3) is 4.04. The van der Waals surface area contributed by atoms with Crippen LogP contribution >= 0.6 is 12.2 Å². The second-order valence-corrected chi connectivity index (χ2v) is 6.24. The Bertz CT molecular complexity index is 475. The second kappa shape index (κ2) is 6.84. The molecule has 20 heavy (non-hydrogen) atoms. The van der Waals surface area contributed by atoms with Gasteiger partial charge in [-0.15, -0.1) is 0 Å². The maximum atomic E-state index is 12.4. The SMILES string of the molecule is CC1CCC(NC(=O)C(Cc2ccccc2)C(N)=S)C1. The maximum absolute atomic E-state index is 12.4. The maximum Gasteiger partial charge on any atom is 0.230 e. The summed E-state index contributed by atoms with van der Waals surface area (Å²) in [5.74, 6) is 0.251.